The molecule has 6 rings (SSSR count). The van der Waals surface area contributed by atoms with E-state index in [1.54, 1.807) is 25.3 Å². The molecule has 1 aromatic carbocycles. The van der Waals surface area contributed by atoms with Crippen LogP contribution in [0.1, 0.15) is 48.8 Å². The Bertz CT molecular complexity index is 751. The molecule has 0 amide bonds. The van der Waals surface area contributed by atoms with Gasteiger partial charge in [0, 0.05) is 18.2 Å². The van der Waals surface area contributed by atoms with E-state index in [0.29, 0.717) is 17.4 Å². The summed E-state index contributed by atoms with van der Waals surface area (Å²) in [5.41, 5.74) is 1.90. The number of benzene rings is 1. The predicted octanol–water partition coefficient (Wildman–Crippen LogP) is 4.63. The Kier molecular flexibility index (Phi) is 3.46. The van der Waals surface area contributed by atoms with Crippen LogP contribution < -0.4 is 0 Å². The molecule has 4 aliphatic carbocycles. The van der Waals surface area contributed by atoms with E-state index in [0.717, 1.165) is 23.0 Å². The normalized spacial score (nSPS) is 42.7. The van der Waals surface area contributed by atoms with Crippen molar-refractivity contribution in [1.82, 2.24) is 0 Å². The third kappa shape index (κ3) is 1.80. The molecule has 1 heterocycles. The van der Waals surface area contributed by atoms with Crippen LogP contribution in [-0.2, 0) is 20.3 Å². The lowest BCUT2D eigenvalue weighted by molar-refractivity contribution is -0.645. The Hall–Kier alpha value is -1.62. The second-order valence-corrected chi connectivity index (χ2v) is 8.49. The third-order valence-electron chi connectivity index (χ3n) is 7.44. The van der Waals surface area contributed by atoms with Gasteiger partial charge in [-0.1, -0.05) is 25.3 Å². The minimum atomic E-state index is -0.990. The van der Waals surface area contributed by atoms with Gasteiger partial charge >= 0.3 is 0 Å². The van der Waals surface area contributed by atoms with Crippen molar-refractivity contribution in [3.8, 4) is 5.75 Å². The fourth-order valence-corrected chi connectivity index (χ4v) is 6.57. The van der Waals surface area contributed by atoms with Gasteiger partial charge in [0.05, 0.1) is 0 Å². The summed E-state index contributed by atoms with van der Waals surface area (Å²) in [5, 5.41) is 10.5. The van der Waals surface area contributed by atoms with Gasteiger partial charge < -0.3 is 9.84 Å². The van der Waals surface area contributed by atoms with E-state index >= 15 is 0 Å². The van der Waals surface area contributed by atoms with Crippen LogP contribution in [0.5, 0.6) is 5.75 Å². The van der Waals surface area contributed by atoms with Gasteiger partial charge in [-0.3, -0.25) is 0 Å². The molecule has 138 valence electrons. The van der Waals surface area contributed by atoms with E-state index in [-0.39, 0.29) is 5.75 Å². The van der Waals surface area contributed by atoms with Crippen LogP contribution in [0.4, 0.5) is 0 Å². The average Bonchev–Trinajstić information content (AvgIpc) is 2.61. The fraction of sp³-hybridized carbons (Fsp3) is 0.545. The van der Waals surface area contributed by atoms with Gasteiger partial charge in [-0.2, -0.15) is 4.89 Å². The van der Waals surface area contributed by atoms with E-state index in [4.69, 9.17) is 14.5 Å². The van der Waals surface area contributed by atoms with Crippen molar-refractivity contribution in [2.75, 3.05) is 7.11 Å². The van der Waals surface area contributed by atoms with Crippen LogP contribution >= 0.6 is 0 Å². The monoisotopic (exact) mass is 354 g/mol. The fourth-order valence-electron chi connectivity index (χ4n) is 6.57. The molecular weight excluding hydrogens is 328 g/mol. The zero-order chi connectivity index (χ0) is 18.1. The molecule has 5 fully saturated rings. The van der Waals surface area contributed by atoms with Gasteiger partial charge in [0.25, 0.3) is 5.79 Å². The van der Waals surface area contributed by atoms with Crippen molar-refractivity contribution in [3.63, 3.8) is 0 Å². The maximum absolute atomic E-state index is 10.5. The molecule has 1 saturated heterocycles. The number of rotatable bonds is 4. The number of ether oxygens (including phenoxy) is 1. The highest BCUT2D eigenvalue weighted by atomic mass is 17.3. The summed E-state index contributed by atoms with van der Waals surface area (Å²) in [6, 6.07) is 3.63. The molecule has 4 heteroatoms. The minimum Gasteiger partial charge on any atom is -0.507 e. The maximum Gasteiger partial charge on any atom is 0.261 e. The molecule has 1 N–H and O–H groups in total. The van der Waals surface area contributed by atoms with E-state index in [9.17, 15) is 5.11 Å². The molecule has 1 aromatic rings. The molecule has 1 aliphatic heterocycles. The molecular formula is C22H26O4. The van der Waals surface area contributed by atoms with Crippen LogP contribution in [0.3, 0.4) is 0 Å². The summed E-state index contributed by atoms with van der Waals surface area (Å²) in [6.45, 7) is 7.73. The minimum absolute atomic E-state index is 0.173. The van der Waals surface area contributed by atoms with Crippen LogP contribution in [0, 0.1) is 23.7 Å². The first-order chi connectivity index (χ1) is 12.6. The Morgan fingerprint density at radius 1 is 1.00 bits per heavy atom. The zero-order valence-electron chi connectivity index (χ0n) is 15.2. The number of hydrogen-bond acceptors (Lipinski definition) is 4. The van der Waals surface area contributed by atoms with Crippen molar-refractivity contribution in [3.05, 3.63) is 42.0 Å². The van der Waals surface area contributed by atoms with Crippen molar-refractivity contribution >= 4 is 12.2 Å². The second kappa shape index (κ2) is 5.44. The van der Waals surface area contributed by atoms with Gasteiger partial charge in [-0.25, -0.2) is 4.89 Å². The summed E-state index contributed by atoms with van der Waals surface area (Å²) >= 11 is 0. The molecule has 0 radical (unpaired) electrons. The molecule has 4 bridgehead atoms. The van der Waals surface area contributed by atoms with Crippen molar-refractivity contribution in [2.45, 2.75) is 43.5 Å². The van der Waals surface area contributed by atoms with Crippen molar-refractivity contribution in [2.24, 2.45) is 23.7 Å². The Balaban J connectivity index is 1.67. The Morgan fingerprint density at radius 2 is 1.62 bits per heavy atom. The van der Waals surface area contributed by atoms with Crippen molar-refractivity contribution < 1.29 is 19.6 Å². The number of phenols is 1. The molecule has 4 nitrogen and oxygen atoms in total. The van der Waals surface area contributed by atoms with Crippen molar-refractivity contribution in [1.29, 1.82) is 0 Å². The summed E-state index contributed by atoms with van der Waals surface area (Å²) in [4.78, 5) is 11.8. The molecule has 1 spiro atoms. The highest BCUT2D eigenvalue weighted by Crippen LogP contribution is 2.69. The lowest BCUT2D eigenvalue weighted by atomic mass is 9.47. The van der Waals surface area contributed by atoms with Gasteiger partial charge in [-0.05, 0) is 73.5 Å². The quantitative estimate of drug-likeness (QED) is 0.801. The first-order valence-corrected chi connectivity index (χ1v) is 9.62. The van der Waals surface area contributed by atoms with Gasteiger partial charge in [-0.15, -0.1) is 0 Å². The van der Waals surface area contributed by atoms with E-state index < -0.39 is 11.4 Å². The van der Waals surface area contributed by atoms with Crippen LogP contribution in [0.2, 0.25) is 0 Å². The van der Waals surface area contributed by atoms with Gasteiger partial charge in [0.1, 0.15) is 5.75 Å². The first-order valence-electron chi connectivity index (χ1n) is 9.62. The maximum atomic E-state index is 10.5. The standard InChI is InChI=1S/C22H26O4/c1-4-15-11-16(5-2)20(23)12-19(15)22(24-3)21(25-26-22)17-7-13-6-14(9-17)10-18(21)8-13/h4-5,11-14,17-18,23H,1-2,6-10H2,3H3. The molecule has 26 heavy (non-hydrogen) atoms. The van der Waals surface area contributed by atoms with Gasteiger partial charge in [0.2, 0.25) is 0 Å². The Labute approximate surface area is 154 Å². The summed E-state index contributed by atoms with van der Waals surface area (Å²) in [6.07, 6.45) is 9.53. The summed E-state index contributed by atoms with van der Waals surface area (Å²) in [5.74, 6) is 1.69. The number of aromatic hydroxyl groups is 1. The predicted molar refractivity (Wildman–Crippen MR) is 98.9 cm³/mol. The SMILES string of the molecule is C=Cc1cc(C=C)c(C2(OC)OOC23C2CC4CC(C2)CC3C4)cc1O. The van der Waals surface area contributed by atoms with E-state index in [2.05, 4.69) is 13.2 Å². The van der Waals surface area contributed by atoms with Crippen LogP contribution in [0.15, 0.2) is 25.3 Å². The van der Waals surface area contributed by atoms with E-state index in [1.165, 1.54) is 32.1 Å². The average molecular weight is 354 g/mol. The largest absolute Gasteiger partial charge is 0.507 e. The van der Waals surface area contributed by atoms with E-state index in [1.807, 2.05) is 6.07 Å². The molecule has 0 aromatic heterocycles. The highest BCUT2D eigenvalue weighted by molar-refractivity contribution is 5.65. The molecule has 1 unspecified atom stereocenters. The summed E-state index contributed by atoms with van der Waals surface area (Å²) < 4.78 is 6.08. The molecule has 4 saturated carbocycles. The topological polar surface area (TPSA) is 47.9 Å². The number of methoxy groups -OCH3 is 1. The lowest BCUT2D eigenvalue weighted by Crippen LogP contribution is -2.76. The number of phenolic OH excluding ortho intramolecular Hbond substituents is 1. The number of hydrogen-bond donors (Lipinski definition) is 1. The second-order valence-electron chi connectivity index (χ2n) is 8.49. The zero-order valence-corrected chi connectivity index (χ0v) is 15.2. The van der Waals surface area contributed by atoms with Crippen LogP contribution in [0.25, 0.3) is 12.2 Å². The first kappa shape index (κ1) is 16.5. The third-order valence-corrected chi connectivity index (χ3v) is 7.44. The lowest BCUT2D eigenvalue weighted by Gasteiger charge is -2.68. The van der Waals surface area contributed by atoms with Gasteiger partial charge in [0.15, 0.2) is 5.60 Å². The highest BCUT2D eigenvalue weighted by Gasteiger charge is 2.76. The molecule has 1 atom stereocenters. The van der Waals surface area contributed by atoms with Crippen LogP contribution in [-0.4, -0.2) is 17.8 Å². The Morgan fingerprint density at radius 3 is 2.08 bits per heavy atom. The smallest absolute Gasteiger partial charge is 0.261 e. The molecule has 5 aliphatic rings. The summed E-state index contributed by atoms with van der Waals surface area (Å²) in [7, 11) is 1.68.